The quantitative estimate of drug-likeness (QED) is 0.628. The van der Waals surface area contributed by atoms with Gasteiger partial charge in [-0.3, -0.25) is 4.79 Å². The topological polar surface area (TPSA) is 52.2 Å². The Labute approximate surface area is 108 Å². The van der Waals surface area contributed by atoms with Crippen LogP contribution in [-0.4, -0.2) is 4.57 Å². The standard InChI is InChI=1S/C15H13NO3/c1-9(2)16-14(17)12-8-7-10-5-3-4-6-11(10)13(12)19-15(16)18/h3-9H,1-2H3. The van der Waals surface area contributed by atoms with Gasteiger partial charge < -0.3 is 4.42 Å². The summed E-state index contributed by atoms with van der Waals surface area (Å²) in [4.78, 5) is 24.3. The third-order valence-corrected chi connectivity index (χ3v) is 3.23. The molecular weight excluding hydrogens is 242 g/mol. The molecule has 19 heavy (non-hydrogen) atoms. The number of fused-ring (bicyclic) bond motifs is 3. The van der Waals surface area contributed by atoms with Crippen LogP contribution in [0.4, 0.5) is 0 Å². The van der Waals surface area contributed by atoms with E-state index in [1.54, 1.807) is 19.9 Å². The van der Waals surface area contributed by atoms with Crippen LogP contribution < -0.4 is 11.3 Å². The monoisotopic (exact) mass is 255 g/mol. The van der Waals surface area contributed by atoms with Gasteiger partial charge in [0.25, 0.3) is 5.56 Å². The van der Waals surface area contributed by atoms with Crippen LogP contribution in [-0.2, 0) is 0 Å². The van der Waals surface area contributed by atoms with E-state index in [0.717, 1.165) is 15.3 Å². The fraction of sp³-hybridized carbons (Fsp3) is 0.200. The zero-order valence-corrected chi connectivity index (χ0v) is 10.7. The van der Waals surface area contributed by atoms with Crippen LogP contribution in [0.15, 0.2) is 50.4 Å². The second kappa shape index (κ2) is 4.09. The highest BCUT2D eigenvalue weighted by atomic mass is 16.4. The van der Waals surface area contributed by atoms with Gasteiger partial charge in [-0.1, -0.05) is 30.3 Å². The molecule has 96 valence electrons. The number of hydrogen-bond donors (Lipinski definition) is 0. The molecule has 0 spiro atoms. The zero-order chi connectivity index (χ0) is 13.6. The average Bonchev–Trinajstić information content (AvgIpc) is 2.38. The lowest BCUT2D eigenvalue weighted by atomic mass is 10.1. The molecule has 0 amide bonds. The minimum Gasteiger partial charge on any atom is -0.408 e. The molecule has 0 fully saturated rings. The maximum absolute atomic E-state index is 12.3. The van der Waals surface area contributed by atoms with Crippen LogP contribution in [0.3, 0.4) is 0 Å². The summed E-state index contributed by atoms with van der Waals surface area (Å²) in [6.45, 7) is 3.57. The maximum Gasteiger partial charge on any atom is 0.422 e. The third kappa shape index (κ3) is 1.68. The molecule has 0 radical (unpaired) electrons. The summed E-state index contributed by atoms with van der Waals surface area (Å²) < 4.78 is 6.49. The number of rotatable bonds is 1. The predicted molar refractivity (Wildman–Crippen MR) is 74.6 cm³/mol. The van der Waals surface area contributed by atoms with Crippen LogP contribution in [0.1, 0.15) is 19.9 Å². The number of nitrogens with zero attached hydrogens (tertiary/aromatic N) is 1. The Morgan fingerprint density at radius 2 is 1.74 bits per heavy atom. The molecule has 0 N–H and O–H groups in total. The van der Waals surface area contributed by atoms with Gasteiger partial charge >= 0.3 is 5.76 Å². The lowest BCUT2D eigenvalue weighted by Crippen LogP contribution is -2.33. The highest BCUT2D eigenvalue weighted by Crippen LogP contribution is 2.22. The Morgan fingerprint density at radius 1 is 1.00 bits per heavy atom. The molecule has 0 saturated heterocycles. The van der Waals surface area contributed by atoms with Crippen molar-refractivity contribution in [3.8, 4) is 0 Å². The van der Waals surface area contributed by atoms with Crippen LogP contribution in [0, 0.1) is 0 Å². The van der Waals surface area contributed by atoms with Gasteiger partial charge in [-0.2, -0.15) is 0 Å². The first-order chi connectivity index (χ1) is 9.09. The highest BCUT2D eigenvalue weighted by molar-refractivity contribution is 6.03. The fourth-order valence-corrected chi connectivity index (χ4v) is 2.32. The molecule has 3 aromatic rings. The Kier molecular flexibility index (Phi) is 2.52. The molecule has 4 nitrogen and oxygen atoms in total. The summed E-state index contributed by atoms with van der Waals surface area (Å²) >= 11 is 0. The molecule has 1 aromatic heterocycles. The van der Waals surface area contributed by atoms with E-state index in [1.165, 1.54) is 0 Å². The van der Waals surface area contributed by atoms with E-state index in [2.05, 4.69) is 0 Å². The van der Waals surface area contributed by atoms with E-state index in [9.17, 15) is 9.59 Å². The number of benzene rings is 2. The van der Waals surface area contributed by atoms with Crippen molar-refractivity contribution < 1.29 is 4.42 Å². The Balaban J connectivity index is 2.58. The van der Waals surface area contributed by atoms with Crippen LogP contribution in [0.5, 0.6) is 0 Å². The van der Waals surface area contributed by atoms with Gasteiger partial charge in [0, 0.05) is 11.4 Å². The number of hydrogen-bond acceptors (Lipinski definition) is 3. The van der Waals surface area contributed by atoms with Crippen molar-refractivity contribution in [3.63, 3.8) is 0 Å². The normalized spacial score (nSPS) is 11.5. The van der Waals surface area contributed by atoms with Crippen molar-refractivity contribution in [1.82, 2.24) is 4.57 Å². The van der Waals surface area contributed by atoms with E-state index >= 15 is 0 Å². The van der Waals surface area contributed by atoms with Gasteiger partial charge in [-0.05, 0) is 25.3 Å². The molecule has 2 aromatic carbocycles. The molecule has 1 heterocycles. The fourth-order valence-electron chi connectivity index (χ4n) is 2.32. The molecule has 0 bridgehead atoms. The first kappa shape index (κ1) is 11.7. The molecule has 4 heteroatoms. The Hall–Kier alpha value is -2.36. The van der Waals surface area contributed by atoms with Gasteiger partial charge in [-0.25, -0.2) is 9.36 Å². The van der Waals surface area contributed by atoms with Gasteiger partial charge in [0.2, 0.25) is 0 Å². The molecule has 0 unspecified atom stereocenters. The lowest BCUT2D eigenvalue weighted by molar-refractivity contribution is 0.428. The minimum absolute atomic E-state index is 0.223. The summed E-state index contributed by atoms with van der Waals surface area (Å²) in [6.07, 6.45) is 0. The predicted octanol–water partition coefficient (Wildman–Crippen LogP) is 2.69. The molecule has 0 saturated carbocycles. The maximum atomic E-state index is 12.3. The van der Waals surface area contributed by atoms with Crippen molar-refractivity contribution in [2.24, 2.45) is 0 Å². The second-order valence-corrected chi connectivity index (χ2v) is 4.80. The van der Waals surface area contributed by atoms with E-state index < -0.39 is 5.76 Å². The minimum atomic E-state index is -0.608. The highest BCUT2D eigenvalue weighted by Gasteiger charge is 2.13. The van der Waals surface area contributed by atoms with E-state index in [0.29, 0.717) is 11.0 Å². The lowest BCUT2D eigenvalue weighted by Gasteiger charge is -2.09. The van der Waals surface area contributed by atoms with Crippen LogP contribution in [0.2, 0.25) is 0 Å². The smallest absolute Gasteiger partial charge is 0.408 e. The van der Waals surface area contributed by atoms with Gasteiger partial charge in [0.15, 0.2) is 5.58 Å². The first-order valence-corrected chi connectivity index (χ1v) is 6.16. The first-order valence-electron chi connectivity index (χ1n) is 6.16. The second-order valence-electron chi connectivity index (χ2n) is 4.80. The van der Waals surface area contributed by atoms with Gasteiger partial charge in [0.05, 0.1) is 5.39 Å². The van der Waals surface area contributed by atoms with Gasteiger partial charge in [-0.15, -0.1) is 0 Å². The summed E-state index contributed by atoms with van der Waals surface area (Å²) in [7, 11) is 0. The Bertz CT molecular complexity index is 887. The van der Waals surface area contributed by atoms with E-state index in [-0.39, 0.29) is 11.6 Å². The summed E-state index contributed by atoms with van der Waals surface area (Å²) in [5.41, 5.74) is 0.0667. The van der Waals surface area contributed by atoms with E-state index in [4.69, 9.17) is 4.42 Å². The molecular formula is C15H13NO3. The van der Waals surface area contributed by atoms with Gasteiger partial charge in [0.1, 0.15) is 0 Å². The van der Waals surface area contributed by atoms with Crippen molar-refractivity contribution >= 4 is 21.7 Å². The molecule has 0 aliphatic rings. The molecule has 0 aliphatic heterocycles. The zero-order valence-electron chi connectivity index (χ0n) is 10.7. The third-order valence-electron chi connectivity index (χ3n) is 3.23. The van der Waals surface area contributed by atoms with Crippen molar-refractivity contribution in [2.75, 3.05) is 0 Å². The Morgan fingerprint density at radius 3 is 2.47 bits per heavy atom. The van der Waals surface area contributed by atoms with E-state index in [1.807, 2.05) is 30.3 Å². The number of aromatic nitrogens is 1. The molecule has 3 rings (SSSR count). The SMILES string of the molecule is CC(C)n1c(=O)oc2c(ccc3ccccc32)c1=O. The van der Waals surface area contributed by atoms with Crippen molar-refractivity contribution in [3.05, 3.63) is 57.3 Å². The largest absolute Gasteiger partial charge is 0.422 e. The molecule has 0 atom stereocenters. The molecule has 0 aliphatic carbocycles. The van der Waals surface area contributed by atoms with Crippen LogP contribution >= 0.6 is 0 Å². The summed E-state index contributed by atoms with van der Waals surface area (Å²) in [5, 5.41) is 2.16. The van der Waals surface area contributed by atoms with Crippen molar-refractivity contribution in [1.29, 1.82) is 0 Å². The average molecular weight is 255 g/mol. The summed E-state index contributed by atoms with van der Waals surface area (Å²) in [6, 6.07) is 10.9. The summed E-state index contributed by atoms with van der Waals surface area (Å²) in [5.74, 6) is -0.608. The van der Waals surface area contributed by atoms with Crippen molar-refractivity contribution in [2.45, 2.75) is 19.9 Å². The van der Waals surface area contributed by atoms with Crippen LogP contribution in [0.25, 0.3) is 21.7 Å².